The molecule has 18 heavy (non-hydrogen) atoms. The fourth-order valence-corrected chi connectivity index (χ4v) is 2.52. The van der Waals surface area contributed by atoms with E-state index in [-0.39, 0.29) is 11.7 Å². The Morgan fingerprint density at radius 2 is 2.28 bits per heavy atom. The molecule has 1 saturated heterocycles. The van der Waals surface area contributed by atoms with Crippen molar-refractivity contribution in [2.45, 2.75) is 38.9 Å². The van der Waals surface area contributed by atoms with Crippen molar-refractivity contribution in [3.05, 3.63) is 22.9 Å². The molecule has 1 fully saturated rings. The Labute approximate surface area is 108 Å². The van der Waals surface area contributed by atoms with Gasteiger partial charge in [-0.3, -0.25) is 9.13 Å². The lowest BCUT2D eigenvalue weighted by Gasteiger charge is -2.21. The first-order chi connectivity index (χ1) is 8.63. The molecule has 2 unspecified atom stereocenters. The van der Waals surface area contributed by atoms with Crippen LogP contribution in [0, 0.1) is 5.92 Å². The lowest BCUT2D eigenvalue weighted by Crippen LogP contribution is -2.40. The standard InChI is InChI=1S/C13H23N3O2/c1-10(2)16-6-5-15(13(16)17)8-12(14-3)11-4-7-18-9-11/h5-6,10-12,14H,4,7-9H2,1-3H3. The molecule has 0 aliphatic carbocycles. The van der Waals surface area contributed by atoms with Gasteiger partial charge in [-0.25, -0.2) is 4.79 Å². The molecule has 1 aliphatic rings. The molecule has 5 nitrogen and oxygen atoms in total. The zero-order valence-electron chi connectivity index (χ0n) is 11.4. The number of aromatic nitrogens is 2. The maximum Gasteiger partial charge on any atom is 0.328 e. The number of hydrogen-bond donors (Lipinski definition) is 1. The van der Waals surface area contributed by atoms with E-state index in [4.69, 9.17) is 4.74 Å². The molecule has 0 saturated carbocycles. The summed E-state index contributed by atoms with van der Waals surface area (Å²) >= 11 is 0. The molecule has 102 valence electrons. The number of imidazole rings is 1. The molecule has 1 N–H and O–H groups in total. The molecule has 2 heterocycles. The van der Waals surface area contributed by atoms with Crippen molar-refractivity contribution in [2.75, 3.05) is 20.3 Å². The van der Waals surface area contributed by atoms with E-state index in [9.17, 15) is 4.79 Å². The van der Waals surface area contributed by atoms with Crippen molar-refractivity contribution in [1.82, 2.24) is 14.5 Å². The Morgan fingerprint density at radius 3 is 2.78 bits per heavy atom. The van der Waals surface area contributed by atoms with Crippen LogP contribution in [0.5, 0.6) is 0 Å². The SMILES string of the molecule is CNC(Cn1ccn(C(C)C)c1=O)C1CCOC1. The Morgan fingerprint density at radius 1 is 1.50 bits per heavy atom. The highest BCUT2D eigenvalue weighted by Crippen LogP contribution is 2.17. The van der Waals surface area contributed by atoms with Crippen molar-refractivity contribution in [3.63, 3.8) is 0 Å². The summed E-state index contributed by atoms with van der Waals surface area (Å²) in [5.74, 6) is 0.504. The second kappa shape index (κ2) is 5.71. The molecule has 0 amide bonds. The smallest absolute Gasteiger partial charge is 0.328 e. The van der Waals surface area contributed by atoms with Gasteiger partial charge in [-0.15, -0.1) is 0 Å². The minimum absolute atomic E-state index is 0.0733. The lowest BCUT2D eigenvalue weighted by atomic mass is 9.99. The normalized spacial score (nSPS) is 21.7. The molecule has 2 rings (SSSR count). The molecular weight excluding hydrogens is 230 g/mol. The predicted octanol–water partition coefficient (Wildman–Crippen LogP) is 0.855. The van der Waals surface area contributed by atoms with Crippen LogP contribution in [0.2, 0.25) is 0 Å². The first-order valence-corrected chi connectivity index (χ1v) is 6.65. The summed E-state index contributed by atoms with van der Waals surface area (Å²) in [5, 5.41) is 3.31. The summed E-state index contributed by atoms with van der Waals surface area (Å²) in [6, 6.07) is 0.509. The molecule has 1 aliphatic heterocycles. The molecular formula is C13H23N3O2. The van der Waals surface area contributed by atoms with Gasteiger partial charge in [0.25, 0.3) is 0 Å². The number of rotatable bonds is 5. The highest BCUT2D eigenvalue weighted by Gasteiger charge is 2.25. The third kappa shape index (κ3) is 2.67. The average Bonchev–Trinajstić information content (AvgIpc) is 2.96. The largest absolute Gasteiger partial charge is 0.381 e. The van der Waals surface area contributed by atoms with Gasteiger partial charge in [-0.2, -0.15) is 0 Å². The Kier molecular flexibility index (Phi) is 4.24. The fraction of sp³-hybridized carbons (Fsp3) is 0.769. The predicted molar refractivity (Wildman–Crippen MR) is 70.9 cm³/mol. The number of likely N-dealkylation sites (N-methyl/N-ethyl adjacent to an activating group) is 1. The number of hydrogen-bond acceptors (Lipinski definition) is 3. The second-order valence-corrected chi connectivity index (χ2v) is 5.25. The van der Waals surface area contributed by atoms with Gasteiger partial charge < -0.3 is 10.1 Å². The van der Waals surface area contributed by atoms with Crippen LogP contribution in [0.1, 0.15) is 26.3 Å². The zero-order chi connectivity index (χ0) is 13.1. The maximum absolute atomic E-state index is 12.1. The molecule has 1 aromatic rings. The highest BCUT2D eigenvalue weighted by atomic mass is 16.5. The van der Waals surface area contributed by atoms with E-state index in [0.717, 1.165) is 19.6 Å². The van der Waals surface area contributed by atoms with Gasteiger partial charge in [0.15, 0.2) is 0 Å². The van der Waals surface area contributed by atoms with Gasteiger partial charge in [-0.05, 0) is 27.3 Å². The molecule has 0 aromatic carbocycles. The van der Waals surface area contributed by atoms with Crippen molar-refractivity contribution in [2.24, 2.45) is 5.92 Å². The summed E-state index contributed by atoms with van der Waals surface area (Å²) < 4.78 is 8.97. The molecule has 5 heteroatoms. The van der Waals surface area contributed by atoms with E-state index in [1.165, 1.54) is 0 Å². The fourth-order valence-electron chi connectivity index (χ4n) is 2.52. The molecule has 0 bridgehead atoms. The van der Waals surface area contributed by atoms with Crippen LogP contribution in [0.4, 0.5) is 0 Å². The lowest BCUT2D eigenvalue weighted by molar-refractivity contribution is 0.174. The summed E-state index contributed by atoms with van der Waals surface area (Å²) in [7, 11) is 1.95. The summed E-state index contributed by atoms with van der Waals surface area (Å²) in [6.07, 6.45) is 4.82. The number of nitrogens with zero attached hydrogens (tertiary/aromatic N) is 2. The van der Waals surface area contributed by atoms with Gasteiger partial charge >= 0.3 is 5.69 Å². The van der Waals surface area contributed by atoms with Gasteiger partial charge in [0.05, 0.1) is 6.61 Å². The van der Waals surface area contributed by atoms with Gasteiger partial charge in [0.2, 0.25) is 0 Å². The minimum atomic E-state index is 0.0733. The van der Waals surface area contributed by atoms with Crippen molar-refractivity contribution in [3.8, 4) is 0 Å². The van der Waals surface area contributed by atoms with Crippen LogP contribution >= 0.6 is 0 Å². The van der Waals surface area contributed by atoms with Crippen LogP contribution in [0.15, 0.2) is 17.2 Å². The van der Waals surface area contributed by atoms with Crippen molar-refractivity contribution >= 4 is 0 Å². The summed E-state index contributed by atoms with van der Waals surface area (Å²) in [4.78, 5) is 12.1. The maximum atomic E-state index is 12.1. The first-order valence-electron chi connectivity index (χ1n) is 6.65. The highest BCUT2D eigenvalue weighted by molar-refractivity contribution is 4.87. The van der Waals surface area contributed by atoms with Crippen LogP contribution in [0.25, 0.3) is 0 Å². The van der Waals surface area contributed by atoms with E-state index in [1.807, 2.05) is 33.3 Å². The number of nitrogens with one attached hydrogen (secondary N) is 1. The third-order valence-electron chi connectivity index (χ3n) is 3.73. The molecule has 1 aromatic heterocycles. The monoisotopic (exact) mass is 253 g/mol. The first kappa shape index (κ1) is 13.4. The molecule has 0 radical (unpaired) electrons. The number of ether oxygens (including phenoxy) is 1. The van der Waals surface area contributed by atoms with E-state index in [2.05, 4.69) is 5.32 Å². The van der Waals surface area contributed by atoms with E-state index >= 15 is 0 Å². The van der Waals surface area contributed by atoms with Crippen LogP contribution in [-0.2, 0) is 11.3 Å². The average molecular weight is 253 g/mol. The Bertz CT molecular complexity index is 430. The Balaban J connectivity index is 2.09. The molecule has 2 atom stereocenters. The topological polar surface area (TPSA) is 48.2 Å². The van der Waals surface area contributed by atoms with Crippen LogP contribution in [-0.4, -0.2) is 35.4 Å². The quantitative estimate of drug-likeness (QED) is 0.846. The van der Waals surface area contributed by atoms with Crippen molar-refractivity contribution < 1.29 is 4.74 Å². The Hall–Kier alpha value is -1.07. The summed E-state index contributed by atoms with van der Waals surface area (Å²) in [5.41, 5.74) is 0.0733. The van der Waals surface area contributed by atoms with E-state index < -0.39 is 0 Å². The van der Waals surface area contributed by atoms with Gasteiger partial charge in [0.1, 0.15) is 0 Å². The van der Waals surface area contributed by atoms with Gasteiger partial charge in [0, 0.05) is 43.5 Å². The van der Waals surface area contributed by atoms with Gasteiger partial charge in [-0.1, -0.05) is 0 Å². The third-order valence-corrected chi connectivity index (χ3v) is 3.73. The van der Waals surface area contributed by atoms with Crippen LogP contribution < -0.4 is 11.0 Å². The second-order valence-electron chi connectivity index (χ2n) is 5.25. The zero-order valence-corrected chi connectivity index (χ0v) is 11.4. The van der Waals surface area contributed by atoms with Crippen molar-refractivity contribution in [1.29, 1.82) is 0 Å². The van der Waals surface area contributed by atoms with E-state index in [1.54, 1.807) is 9.13 Å². The molecule has 0 spiro atoms. The van der Waals surface area contributed by atoms with E-state index in [0.29, 0.717) is 18.5 Å². The minimum Gasteiger partial charge on any atom is -0.381 e. The summed E-state index contributed by atoms with van der Waals surface area (Å²) in [6.45, 7) is 6.39. The van der Waals surface area contributed by atoms with Crippen LogP contribution in [0.3, 0.4) is 0 Å².